The van der Waals surface area contributed by atoms with Crippen molar-refractivity contribution in [2.45, 2.75) is 32.2 Å². The maximum Gasteiger partial charge on any atom is 0.221 e. The molecule has 0 rings (SSSR count). The zero-order chi connectivity index (χ0) is 10.3. The van der Waals surface area contributed by atoms with Crippen LogP contribution < -0.4 is 5.32 Å². The number of alkyl halides is 1. The van der Waals surface area contributed by atoms with Crippen molar-refractivity contribution in [3.05, 3.63) is 0 Å². The average molecular weight is 224 g/mol. The summed E-state index contributed by atoms with van der Waals surface area (Å²) in [6.07, 6.45) is 3.39. The lowest BCUT2D eigenvalue weighted by Gasteiger charge is -2.25. The number of hydrogen-bond acceptors (Lipinski definition) is 2. The van der Waals surface area contributed by atoms with Gasteiger partial charge in [-0.25, -0.2) is 0 Å². The molecule has 0 aromatic heterocycles. The zero-order valence-electron chi connectivity index (χ0n) is 8.52. The van der Waals surface area contributed by atoms with Crippen molar-refractivity contribution in [2.75, 3.05) is 17.9 Å². The number of rotatable bonds is 6. The average Bonchev–Trinajstić information content (AvgIpc) is 1.99. The van der Waals surface area contributed by atoms with E-state index in [0.717, 1.165) is 12.2 Å². The molecule has 0 radical (unpaired) electrons. The van der Waals surface area contributed by atoms with Gasteiger partial charge in [-0.1, -0.05) is 0 Å². The lowest BCUT2D eigenvalue weighted by Crippen LogP contribution is -2.43. The van der Waals surface area contributed by atoms with Crippen molar-refractivity contribution in [2.24, 2.45) is 0 Å². The van der Waals surface area contributed by atoms with Gasteiger partial charge in [0, 0.05) is 23.6 Å². The first-order chi connectivity index (χ1) is 6.02. The molecule has 0 saturated heterocycles. The third kappa shape index (κ3) is 7.20. The Labute approximate surface area is 89.8 Å². The van der Waals surface area contributed by atoms with Gasteiger partial charge in [-0.2, -0.15) is 11.8 Å². The summed E-state index contributed by atoms with van der Waals surface area (Å²) in [4.78, 5) is 11.3. The molecule has 13 heavy (non-hydrogen) atoms. The van der Waals surface area contributed by atoms with Gasteiger partial charge in [0.15, 0.2) is 0 Å². The predicted molar refractivity (Wildman–Crippen MR) is 60.6 cm³/mol. The van der Waals surface area contributed by atoms with Crippen LogP contribution in [0, 0.1) is 0 Å². The van der Waals surface area contributed by atoms with Crippen LogP contribution in [0.3, 0.4) is 0 Å². The topological polar surface area (TPSA) is 29.1 Å². The standard InChI is InChI=1S/C9H18ClNOS/c1-9(2,5-6-10)11-8(12)4-7-13-3/h4-7H2,1-3H3,(H,11,12). The third-order valence-electron chi connectivity index (χ3n) is 1.73. The molecule has 0 aliphatic carbocycles. The van der Waals surface area contributed by atoms with Gasteiger partial charge in [-0.05, 0) is 26.5 Å². The molecule has 0 fully saturated rings. The molecule has 4 heteroatoms. The highest BCUT2D eigenvalue weighted by atomic mass is 35.5. The van der Waals surface area contributed by atoms with Crippen LogP contribution in [0.1, 0.15) is 26.7 Å². The molecular weight excluding hydrogens is 206 g/mol. The molecule has 0 aromatic carbocycles. The van der Waals surface area contributed by atoms with E-state index >= 15 is 0 Å². The minimum absolute atomic E-state index is 0.115. The quantitative estimate of drug-likeness (QED) is 0.700. The Bertz CT molecular complexity index is 162. The molecule has 2 nitrogen and oxygen atoms in total. The Kier molecular flexibility index (Phi) is 6.60. The molecule has 0 unspecified atom stereocenters. The number of nitrogens with one attached hydrogen (secondary N) is 1. The number of carbonyl (C=O) groups is 1. The predicted octanol–water partition coefficient (Wildman–Crippen LogP) is 2.26. The molecule has 0 atom stereocenters. The van der Waals surface area contributed by atoms with Crippen LogP contribution in [0.4, 0.5) is 0 Å². The summed E-state index contributed by atoms with van der Waals surface area (Å²) in [5.74, 6) is 1.57. The lowest BCUT2D eigenvalue weighted by atomic mass is 10.0. The fourth-order valence-corrected chi connectivity index (χ4v) is 1.80. The second-order valence-electron chi connectivity index (χ2n) is 3.61. The number of carbonyl (C=O) groups excluding carboxylic acids is 1. The van der Waals surface area contributed by atoms with E-state index in [9.17, 15) is 4.79 Å². The molecule has 1 N–H and O–H groups in total. The number of thioether (sulfide) groups is 1. The first kappa shape index (κ1) is 13.1. The van der Waals surface area contributed by atoms with Crippen LogP contribution in [0.2, 0.25) is 0 Å². The first-order valence-electron chi connectivity index (χ1n) is 4.38. The van der Waals surface area contributed by atoms with Crippen molar-refractivity contribution < 1.29 is 4.79 Å². The number of amides is 1. The molecule has 0 saturated carbocycles. The van der Waals surface area contributed by atoms with Crippen LogP contribution in [0.5, 0.6) is 0 Å². The molecule has 0 aliphatic heterocycles. The van der Waals surface area contributed by atoms with Gasteiger partial charge < -0.3 is 5.32 Å². The maximum atomic E-state index is 11.3. The highest BCUT2D eigenvalue weighted by Gasteiger charge is 2.18. The summed E-state index contributed by atoms with van der Waals surface area (Å²) >= 11 is 7.30. The van der Waals surface area contributed by atoms with E-state index in [4.69, 9.17) is 11.6 Å². The Morgan fingerprint density at radius 3 is 2.62 bits per heavy atom. The first-order valence-corrected chi connectivity index (χ1v) is 6.30. The molecule has 0 heterocycles. The molecule has 0 aliphatic rings. The van der Waals surface area contributed by atoms with Crippen molar-refractivity contribution in [3.8, 4) is 0 Å². The minimum atomic E-state index is -0.169. The normalized spacial score (nSPS) is 11.4. The highest BCUT2D eigenvalue weighted by molar-refractivity contribution is 7.98. The molecule has 0 spiro atoms. The summed E-state index contributed by atoms with van der Waals surface area (Å²) in [5.41, 5.74) is -0.169. The van der Waals surface area contributed by atoms with Crippen molar-refractivity contribution in [1.82, 2.24) is 5.32 Å². The van der Waals surface area contributed by atoms with Crippen LogP contribution >= 0.6 is 23.4 Å². The lowest BCUT2D eigenvalue weighted by molar-refractivity contribution is -0.122. The fourth-order valence-electron chi connectivity index (χ4n) is 0.933. The van der Waals surface area contributed by atoms with Gasteiger partial charge >= 0.3 is 0 Å². The van der Waals surface area contributed by atoms with Gasteiger partial charge in [0.2, 0.25) is 5.91 Å². The van der Waals surface area contributed by atoms with Gasteiger partial charge in [-0.3, -0.25) is 4.79 Å². The smallest absolute Gasteiger partial charge is 0.221 e. The monoisotopic (exact) mass is 223 g/mol. The highest BCUT2D eigenvalue weighted by Crippen LogP contribution is 2.09. The van der Waals surface area contributed by atoms with E-state index in [2.05, 4.69) is 5.32 Å². The van der Waals surface area contributed by atoms with E-state index in [0.29, 0.717) is 12.3 Å². The van der Waals surface area contributed by atoms with E-state index in [-0.39, 0.29) is 11.4 Å². The Balaban J connectivity index is 3.75. The summed E-state index contributed by atoms with van der Waals surface area (Å²) in [6.45, 7) is 3.98. The van der Waals surface area contributed by atoms with Crippen LogP contribution in [-0.2, 0) is 4.79 Å². The van der Waals surface area contributed by atoms with Gasteiger partial charge in [-0.15, -0.1) is 11.6 Å². The summed E-state index contributed by atoms with van der Waals surface area (Å²) in [5, 5.41) is 2.96. The number of halogens is 1. The number of hydrogen-bond donors (Lipinski definition) is 1. The molecular formula is C9H18ClNOS. The minimum Gasteiger partial charge on any atom is -0.351 e. The van der Waals surface area contributed by atoms with Crippen LogP contribution in [0.25, 0.3) is 0 Å². The molecule has 78 valence electrons. The van der Waals surface area contributed by atoms with E-state index in [1.807, 2.05) is 20.1 Å². The summed E-state index contributed by atoms with van der Waals surface area (Å²) in [7, 11) is 0. The largest absolute Gasteiger partial charge is 0.351 e. The molecule has 0 bridgehead atoms. The fraction of sp³-hybridized carbons (Fsp3) is 0.889. The van der Waals surface area contributed by atoms with E-state index < -0.39 is 0 Å². The van der Waals surface area contributed by atoms with Crippen LogP contribution in [-0.4, -0.2) is 29.3 Å². The molecule has 1 amide bonds. The van der Waals surface area contributed by atoms with Gasteiger partial charge in [0.1, 0.15) is 0 Å². The Morgan fingerprint density at radius 2 is 2.15 bits per heavy atom. The summed E-state index contributed by atoms with van der Waals surface area (Å²) < 4.78 is 0. The second kappa shape index (κ2) is 6.55. The van der Waals surface area contributed by atoms with E-state index in [1.54, 1.807) is 11.8 Å². The summed E-state index contributed by atoms with van der Waals surface area (Å²) in [6, 6.07) is 0. The van der Waals surface area contributed by atoms with E-state index in [1.165, 1.54) is 0 Å². The SMILES string of the molecule is CSCCC(=O)NC(C)(C)CCCl. The zero-order valence-corrected chi connectivity index (χ0v) is 10.1. The van der Waals surface area contributed by atoms with Crippen LogP contribution in [0.15, 0.2) is 0 Å². The maximum absolute atomic E-state index is 11.3. The Hall–Kier alpha value is 0.110. The van der Waals surface area contributed by atoms with Crippen molar-refractivity contribution >= 4 is 29.3 Å². The van der Waals surface area contributed by atoms with Crippen molar-refractivity contribution in [1.29, 1.82) is 0 Å². The second-order valence-corrected chi connectivity index (χ2v) is 4.98. The van der Waals surface area contributed by atoms with Gasteiger partial charge in [0.05, 0.1) is 0 Å². The van der Waals surface area contributed by atoms with Gasteiger partial charge in [0.25, 0.3) is 0 Å². The third-order valence-corrected chi connectivity index (χ3v) is 2.53. The Morgan fingerprint density at radius 1 is 1.54 bits per heavy atom. The molecule has 0 aromatic rings. The van der Waals surface area contributed by atoms with Crippen molar-refractivity contribution in [3.63, 3.8) is 0 Å².